The molecule has 1 fully saturated rings. The molecular formula is C12H25N3O. The Morgan fingerprint density at radius 1 is 1.50 bits per heavy atom. The highest BCUT2D eigenvalue weighted by atomic mass is 16.3. The summed E-state index contributed by atoms with van der Waals surface area (Å²) >= 11 is 0. The zero-order valence-corrected chi connectivity index (χ0v) is 10.8. The van der Waals surface area contributed by atoms with Crippen LogP contribution in [0.1, 0.15) is 33.6 Å². The maximum Gasteiger partial charge on any atom is 0.194 e. The molecule has 0 aromatic rings. The Bertz CT molecular complexity index is 242. The molecule has 16 heavy (non-hydrogen) atoms. The fourth-order valence-corrected chi connectivity index (χ4v) is 2.07. The van der Waals surface area contributed by atoms with Crippen LogP contribution in [0.2, 0.25) is 0 Å². The summed E-state index contributed by atoms with van der Waals surface area (Å²) in [5.41, 5.74) is 0.426. The molecule has 4 nitrogen and oxygen atoms in total. The predicted molar refractivity (Wildman–Crippen MR) is 67.7 cm³/mol. The normalized spacial score (nSPS) is 26.2. The van der Waals surface area contributed by atoms with Gasteiger partial charge >= 0.3 is 0 Å². The highest BCUT2D eigenvalue weighted by Crippen LogP contribution is 2.32. The second kappa shape index (κ2) is 6.09. The Balaban J connectivity index is 2.60. The van der Waals surface area contributed by atoms with E-state index in [9.17, 15) is 0 Å². The molecule has 1 aliphatic rings. The molecule has 0 aromatic carbocycles. The molecule has 0 aromatic heterocycles. The van der Waals surface area contributed by atoms with Crippen molar-refractivity contribution in [1.29, 1.82) is 0 Å². The van der Waals surface area contributed by atoms with Gasteiger partial charge in [-0.1, -0.05) is 13.8 Å². The number of likely N-dealkylation sites (tertiary alicyclic amines) is 1. The monoisotopic (exact) mass is 227 g/mol. The highest BCUT2D eigenvalue weighted by Gasteiger charge is 2.33. The second-order valence-electron chi connectivity index (χ2n) is 4.80. The van der Waals surface area contributed by atoms with Gasteiger partial charge in [0.05, 0.1) is 13.2 Å². The molecule has 0 saturated carbocycles. The Kier molecular flexibility index (Phi) is 5.06. The number of aliphatic hydroxyl groups excluding tert-OH is 1. The Hall–Kier alpha value is -0.770. The summed E-state index contributed by atoms with van der Waals surface area (Å²) in [6.07, 6.45) is 2.44. The average Bonchev–Trinajstić information content (AvgIpc) is 2.68. The summed E-state index contributed by atoms with van der Waals surface area (Å²) < 4.78 is 0. The molecule has 0 radical (unpaired) electrons. The van der Waals surface area contributed by atoms with E-state index in [-0.39, 0.29) is 6.61 Å². The lowest BCUT2D eigenvalue weighted by Crippen LogP contribution is -2.41. The minimum atomic E-state index is 0.119. The van der Waals surface area contributed by atoms with Crippen LogP contribution in [0.3, 0.4) is 0 Å². The first-order valence-electron chi connectivity index (χ1n) is 6.29. The molecule has 4 heteroatoms. The van der Waals surface area contributed by atoms with Crippen LogP contribution in [-0.4, -0.2) is 48.8 Å². The molecule has 0 bridgehead atoms. The molecule has 1 aliphatic heterocycles. The third-order valence-electron chi connectivity index (χ3n) is 3.41. The van der Waals surface area contributed by atoms with E-state index in [1.54, 1.807) is 0 Å². The quantitative estimate of drug-likeness (QED) is 0.558. The van der Waals surface area contributed by atoms with Gasteiger partial charge in [0, 0.05) is 19.6 Å². The van der Waals surface area contributed by atoms with Gasteiger partial charge in [-0.05, 0) is 25.2 Å². The van der Waals surface area contributed by atoms with E-state index in [1.165, 1.54) is 12.8 Å². The number of guanidine groups is 1. The molecule has 0 spiro atoms. The van der Waals surface area contributed by atoms with Gasteiger partial charge in [-0.25, -0.2) is 0 Å². The smallest absolute Gasteiger partial charge is 0.194 e. The van der Waals surface area contributed by atoms with Crippen molar-refractivity contribution in [2.75, 3.05) is 32.8 Å². The SMILES string of the molecule is CCNC(=NCCO)N1CCC(C)(CC)C1. The first-order valence-corrected chi connectivity index (χ1v) is 6.29. The van der Waals surface area contributed by atoms with Gasteiger partial charge in [-0.3, -0.25) is 4.99 Å². The summed E-state index contributed by atoms with van der Waals surface area (Å²) in [4.78, 5) is 6.70. The van der Waals surface area contributed by atoms with Crippen LogP contribution in [0.25, 0.3) is 0 Å². The van der Waals surface area contributed by atoms with Crippen molar-refractivity contribution in [2.45, 2.75) is 33.6 Å². The minimum absolute atomic E-state index is 0.119. The van der Waals surface area contributed by atoms with Gasteiger partial charge in [0.2, 0.25) is 0 Å². The van der Waals surface area contributed by atoms with Gasteiger partial charge < -0.3 is 15.3 Å². The lowest BCUT2D eigenvalue weighted by atomic mass is 9.87. The van der Waals surface area contributed by atoms with Crippen LogP contribution in [0, 0.1) is 5.41 Å². The predicted octanol–water partition coefficient (Wildman–Crippen LogP) is 1.07. The first-order chi connectivity index (χ1) is 7.65. The molecule has 0 aliphatic carbocycles. The van der Waals surface area contributed by atoms with E-state index in [0.717, 1.165) is 25.6 Å². The van der Waals surface area contributed by atoms with Crippen LogP contribution < -0.4 is 5.32 Å². The third kappa shape index (κ3) is 3.37. The molecule has 2 N–H and O–H groups in total. The van der Waals surface area contributed by atoms with Crippen LogP contribution in [0.15, 0.2) is 4.99 Å². The van der Waals surface area contributed by atoms with E-state index in [2.05, 4.69) is 36.0 Å². The highest BCUT2D eigenvalue weighted by molar-refractivity contribution is 5.80. The zero-order chi connectivity index (χ0) is 12.0. The number of rotatable bonds is 4. The van der Waals surface area contributed by atoms with Gasteiger partial charge in [-0.2, -0.15) is 0 Å². The van der Waals surface area contributed by atoms with E-state index < -0.39 is 0 Å². The summed E-state index contributed by atoms with van der Waals surface area (Å²) in [6, 6.07) is 0. The Morgan fingerprint density at radius 3 is 2.75 bits per heavy atom. The number of aliphatic hydroxyl groups is 1. The molecule has 0 amide bonds. The van der Waals surface area contributed by atoms with Crippen molar-refractivity contribution in [1.82, 2.24) is 10.2 Å². The summed E-state index contributed by atoms with van der Waals surface area (Å²) in [7, 11) is 0. The van der Waals surface area contributed by atoms with Crippen molar-refractivity contribution in [3.8, 4) is 0 Å². The van der Waals surface area contributed by atoms with Gasteiger partial charge in [0.1, 0.15) is 0 Å². The van der Waals surface area contributed by atoms with Crippen molar-refractivity contribution in [3.63, 3.8) is 0 Å². The van der Waals surface area contributed by atoms with Crippen molar-refractivity contribution in [2.24, 2.45) is 10.4 Å². The Morgan fingerprint density at radius 2 is 2.25 bits per heavy atom. The molecule has 1 rings (SSSR count). The van der Waals surface area contributed by atoms with Gasteiger partial charge in [0.15, 0.2) is 5.96 Å². The standard InChI is InChI=1S/C12H25N3O/c1-4-12(3)6-8-15(10-12)11(13-5-2)14-7-9-16/h16H,4-10H2,1-3H3,(H,13,14). The minimum Gasteiger partial charge on any atom is -0.394 e. The largest absolute Gasteiger partial charge is 0.394 e. The van der Waals surface area contributed by atoms with Crippen molar-refractivity contribution < 1.29 is 5.11 Å². The topological polar surface area (TPSA) is 47.9 Å². The first kappa shape index (κ1) is 13.3. The van der Waals surface area contributed by atoms with E-state index >= 15 is 0 Å². The maximum absolute atomic E-state index is 8.82. The number of nitrogens with zero attached hydrogens (tertiary/aromatic N) is 2. The maximum atomic E-state index is 8.82. The van der Waals surface area contributed by atoms with Crippen molar-refractivity contribution >= 4 is 5.96 Å². The number of aliphatic imine (C=N–C) groups is 1. The average molecular weight is 227 g/mol. The molecular weight excluding hydrogens is 202 g/mol. The number of hydrogen-bond acceptors (Lipinski definition) is 2. The lowest BCUT2D eigenvalue weighted by Gasteiger charge is -2.25. The fourth-order valence-electron chi connectivity index (χ4n) is 2.07. The summed E-state index contributed by atoms with van der Waals surface area (Å²) in [5.74, 6) is 0.953. The Labute approximate surface area is 98.7 Å². The van der Waals surface area contributed by atoms with E-state index in [1.807, 2.05) is 0 Å². The molecule has 1 heterocycles. The van der Waals surface area contributed by atoms with Crippen LogP contribution in [0.5, 0.6) is 0 Å². The summed E-state index contributed by atoms with van der Waals surface area (Å²) in [5, 5.41) is 12.1. The molecule has 1 atom stereocenters. The van der Waals surface area contributed by atoms with E-state index in [0.29, 0.717) is 12.0 Å². The number of hydrogen-bond donors (Lipinski definition) is 2. The molecule has 1 saturated heterocycles. The van der Waals surface area contributed by atoms with Crippen LogP contribution >= 0.6 is 0 Å². The second-order valence-corrected chi connectivity index (χ2v) is 4.80. The van der Waals surface area contributed by atoms with Gasteiger partial charge in [0.25, 0.3) is 0 Å². The van der Waals surface area contributed by atoms with E-state index in [4.69, 9.17) is 5.11 Å². The molecule has 94 valence electrons. The van der Waals surface area contributed by atoms with Crippen molar-refractivity contribution in [3.05, 3.63) is 0 Å². The number of nitrogens with one attached hydrogen (secondary N) is 1. The zero-order valence-electron chi connectivity index (χ0n) is 10.8. The molecule has 1 unspecified atom stereocenters. The van der Waals surface area contributed by atoms with Gasteiger partial charge in [-0.15, -0.1) is 0 Å². The van der Waals surface area contributed by atoms with Crippen LogP contribution in [-0.2, 0) is 0 Å². The third-order valence-corrected chi connectivity index (χ3v) is 3.41. The lowest BCUT2D eigenvalue weighted by molar-refractivity contribution is 0.303. The fraction of sp³-hybridized carbons (Fsp3) is 0.917. The summed E-state index contributed by atoms with van der Waals surface area (Å²) in [6.45, 7) is 10.3. The van der Waals surface area contributed by atoms with Crippen LogP contribution in [0.4, 0.5) is 0 Å².